The third kappa shape index (κ3) is 1.90. The smallest absolute Gasteiger partial charge is 0.171 e. The Balaban J connectivity index is 2.54. The van der Waals surface area contributed by atoms with Crippen molar-refractivity contribution in [3.63, 3.8) is 0 Å². The molecule has 2 nitrogen and oxygen atoms in total. The van der Waals surface area contributed by atoms with Gasteiger partial charge < -0.3 is 4.52 Å². The summed E-state index contributed by atoms with van der Waals surface area (Å²) in [5.74, 6) is 1.20. The average molecular weight is 222 g/mol. The monoisotopic (exact) mass is 221 g/mol. The van der Waals surface area contributed by atoms with E-state index in [1.807, 2.05) is 6.07 Å². The molecule has 0 aliphatic rings. The van der Waals surface area contributed by atoms with Crippen molar-refractivity contribution in [2.24, 2.45) is 0 Å². The molecule has 78 valence electrons. The molecular formula is C12H12ClNO. The van der Waals surface area contributed by atoms with Gasteiger partial charge in [0, 0.05) is 11.1 Å². The highest BCUT2D eigenvalue weighted by molar-refractivity contribution is 6.17. The summed E-state index contributed by atoms with van der Waals surface area (Å²) in [7, 11) is 0. The van der Waals surface area contributed by atoms with Gasteiger partial charge in [-0.25, -0.2) is 0 Å². The second-order valence-electron chi connectivity index (χ2n) is 3.63. The number of rotatable bonds is 2. The SMILES string of the molecule is Cc1ccc(-c2oncc2CCl)c(C)c1. The van der Waals surface area contributed by atoms with Crippen LogP contribution < -0.4 is 0 Å². The van der Waals surface area contributed by atoms with Gasteiger partial charge in [-0.15, -0.1) is 11.6 Å². The zero-order valence-corrected chi connectivity index (χ0v) is 9.51. The molecule has 0 bridgehead atoms. The first-order valence-corrected chi connectivity index (χ1v) is 5.33. The Morgan fingerprint density at radius 3 is 2.80 bits per heavy atom. The van der Waals surface area contributed by atoms with Gasteiger partial charge in [-0.1, -0.05) is 28.9 Å². The fourth-order valence-electron chi connectivity index (χ4n) is 1.65. The number of halogens is 1. The lowest BCUT2D eigenvalue weighted by atomic mass is 10.0. The minimum absolute atomic E-state index is 0.423. The maximum absolute atomic E-state index is 5.81. The highest BCUT2D eigenvalue weighted by Gasteiger charge is 2.11. The third-order valence-electron chi connectivity index (χ3n) is 2.41. The quantitative estimate of drug-likeness (QED) is 0.723. The van der Waals surface area contributed by atoms with E-state index in [1.165, 1.54) is 11.1 Å². The van der Waals surface area contributed by atoms with Crippen LogP contribution >= 0.6 is 11.6 Å². The third-order valence-corrected chi connectivity index (χ3v) is 2.70. The van der Waals surface area contributed by atoms with E-state index in [0.29, 0.717) is 5.88 Å². The highest BCUT2D eigenvalue weighted by Crippen LogP contribution is 2.28. The van der Waals surface area contributed by atoms with Crippen molar-refractivity contribution in [3.8, 4) is 11.3 Å². The number of benzene rings is 1. The summed E-state index contributed by atoms with van der Waals surface area (Å²) in [4.78, 5) is 0. The molecule has 0 aliphatic carbocycles. The van der Waals surface area contributed by atoms with Gasteiger partial charge in [-0.2, -0.15) is 0 Å². The first-order chi connectivity index (χ1) is 7.22. The predicted octanol–water partition coefficient (Wildman–Crippen LogP) is 3.70. The van der Waals surface area contributed by atoms with Gasteiger partial charge in [0.15, 0.2) is 5.76 Å². The molecule has 2 rings (SSSR count). The van der Waals surface area contributed by atoms with Crippen molar-refractivity contribution in [1.29, 1.82) is 0 Å². The summed E-state index contributed by atoms with van der Waals surface area (Å²) in [5.41, 5.74) is 4.42. The maximum Gasteiger partial charge on any atom is 0.171 e. The van der Waals surface area contributed by atoms with Gasteiger partial charge in [0.2, 0.25) is 0 Å². The molecule has 0 unspecified atom stereocenters. The minimum atomic E-state index is 0.423. The molecule has 15 heavy (non-hydrogen) atoms. The molecule has 1 heterocycles. The van der Waals surface area contributed by atoms with Crippen LogP contribution in [0.15, 0.2) is 28.9 Å². The molecule has 0 saturated heterocycles. The number of nitrogens with zero attached hydrogens (tertiary/aromatic N) is 1. The molecule has 0 radical (unpaired) electrons. The van der Waals surface area contributed by atoms with Gasteiger partial charge >= 0.3 is 0 Å². The molecule has 2 aromatic rings. The predicted molar refractivity (Wildman–Crippen MR) is 61.0 cm³/mol. The molecule has 0 atom stereocenters. The van der Waals surface area contributed by atoms with E-state index in [-0.39, 0.29) is 0 Å². The summed E-state index contributed by atoms with van der Waals surface area (Å²) >= 11 is 5.81. The molecule has 3 heteroatoms. The molecule has 0 saturated carbocycles. The Labute approximate surface area is 93.9 Å². The van der Waals surface area contributed by atoms with Crippen molar-refractivity contribution in [2.45, 2.75) is 19.7 Å². The van der Waals surface area contributed by atoms with Crippen LogP contribution in [0.4, 0.5) is 0 Å². The van der Waals surface area contributed by atoms with Crippen LogP contribution in [0.2, 0.25) is 0 Å². The van der Waals surface area contributed by atoms with E-state index in [4.69, 9.17) is 16.1 Å². The first-order valence-electron chi connectivity index (χ1n) is 4.79. The van der Waals surface area contributed by atoms with Crippen molar-refractivity contribution in [2.75, 3.05) is 0 Å². The lowest BCUT2D eigenvalue weighted by Gasteiger charge is -2.04. The van der Waals surface area contributed by atoms with Gasteiger partial charge in [0.25, 0.3) is 0 Å². The molecule has 0 N–H and O–H groups in total. The van der Waals surface area contributed by atoms with E-state index in [1.54, 1.807) is 6.20 Å². The van der Waals surface area contributed by atoms with Crippen LogP contribution in [-0.2, 0) is 5.88 Å². The van der Waals surface area contributed by atoms with Crippen LogP contribution in [-0.4, -0.2) is 5.16 Å². The minimum Gasteiger partial charge on any atom is -0.356 e. The number of aromatic nitrogens is 1. The van der Waals surface area contributed by atoms with E-state index in [0.717, 1.165) is 16.9 Å². The second kappa shape index (κ2) is 4.07. The normalized spacial score (nSPS) is 10.6. The van der Waals surface area contributed by atoms with E-state index in [2.05, 4.69) is 31.1 Å². The van der Waals surface area contributed by atoms with Gasteiger partial charge in [-0.05, 0) is 19.4 Å². The fraction of sp³-hybridized carbons (Fsp3) is 0.250. The fourth-order valence-corrected chi connectivity index (χ4v) is 1.84. The summed E-state index contributed by atoms with van der Waals surface area (Å²) in [6.07, 6.45) is 1.67. The summed E-state index contributed by atoms with van der Waals surface area (Å²) < 4.78 is 5.23. The van der Waals surface area contributed by atoms with Crippen molar-refractivity contribution < 1.29 is 4.52 Å². The molecule has 0 spiro atoms. The van der Waals surface area contributed by atoms with Crippen LogP contribution in [0.25, 0.3) is 11.3 Å². The first kappa shape index (κ1) is 10.2. The number of alkyl halides is 1. The number of aryl methyl sites for hydroxylation is 2. The molecule has 0 aliphatic heterocycles. The standard InChI is InChI=1S/C12H12ClNO/c1-8-3-4-11(9(2)5-8)12-10(6-13)7-14-15-12/h3-5,7H,6H2,1-2H3. The average Bonchev–Trinajstić information content (AvgIpc) is 2.65. The van der Waals surface area contributed by atoms with Crippen LogP contribution in [0.3, 0.4) is 0 Å². The lowest BCUT2D eigenvalue weighted by molar-refractivity contribution is 0.431. The molecule has 0 fully saturated rings. The zero-order chi connectivity index (χ0) is 10.8. The zero-order valence-electron chi connectivity index (χ0n) is 8.75. The van der Waals surface area contributed by atoms with Crippen molar-refractivity contribution in [3.05, 3.63) is 41.1 Å². The molecule has 1 aromatic heterocycles. The Morgan fingerprint density at radius 2 is 2.13 bits per heavy atom. The Morgan fingerprint density at radius 1 is 1.33 bits per heavy atom. The molecule has 0 amide bonds. The largest absolute Gasteiger partial charge is 0.356 e. The van der Waals surface area contributed by atoms with E-state index in [9.17, 15) is 0 Å². The van der Waals surface area contributed by atoms with E-state index >= 15 is 0 Å². The molecular weight excluding hydrogens is 210 g/mol. The Hall–Kier alpha value is -1.28. The van der Waals surface area contributed by atoms with Crippen LogP contribution in [0.5, 0.6) is 0 Å². The van der Waals surface area contributed by atoms with Crippen molar-refractivity contribution in [1.82, 2.24) is 5.16 Å². The summed E-state index contributed by atoms with van der Waals surface area (Å²) in [6, 6.07) is 6.22. The molecule has 1 aromatic carbocycles. The summed E-state index contributed by atoms with van der Waals surface area (Å²) in [6.45, 7) is 4.13. The Bertz CT molecular complexity index is 476. The Kier molecular flexibility index (Phi) is 2.78. The van der Waals surface area contributed by atoms with Gasteiger partial charge in [0.05, 0.1) is 12.1 Å². The second-order valence-corrected chi connectivity index (χ2v) is 3.90. The number of hydrogen-bond acceptors (Lipinski definition) is 2. The maximum atomic E-state index is 5.81. The number of hydrogen-bond donors (Lipinski definition) is 0. The van der Waals surface area contributed by atoms with Gasteiger partial charge in [-0.3, -0.25) is 0 Å². The highest BCUT2D eigenvalue weighted by atomic mass is 35.5. The lowest BCUT2D eigenvalue weighted by Crippen LogP contribution is -1.86. The van der Waals surface area contributed by atoms with Crippen molar-refractivity contribution >= 4 is 11.6 Å². The van der Waals surface area contributed by atoms with Gasteiger partial charge in [0.1, 0.15) is 0 Å². The topological polar surface area (TPSA) is 26.0 Å². The van der Waals surface area contributed by atoms with Crippen LogP contribution in [0, 0.1) is 13.8 Å². The van der Waals surface area contributed by atoms with Crippen LogP contribution in [0.1, 0.15) is 16.7 Å². The summed E-state index contributed by atoms with van der Waals surface area (Å²) in [5, 5.41) is 3.77. The van der Waals surface area contributed by atoms with E-state index < -0.39 is 0 Å².